The second-order valence-corrected chi connectivity index (χ2v) is 8.34. The van der Waals surface area contributed by atoms with E-state index >= 15 is 0 Å². The molecule has 2 aliphatic heterocycles. The predicted octanol–water partition coefficient (Wildman–Crippen LogP) is 2.62. The van der Waals surface area contributed by atoms with E-state index in [9.17, 15) is 9.59 Å². The summed E-state index contributed by atoms with van der Waals surface area (Å²) in [5.41, 5.74) is -0.458. The SMILES string of the molecule is CCN1CCCC1CNC(=O)CC1CCN(C(=O)OC(C)(C)C)CC1. The minimum atomic E-state index is -0.458. The van der Waals surface area contributed by atoms with E-state index in [1.54, 1.807) is 4.90 Å². The zero-order chi connectivity index (χ0) is 18.4. The Balaban J connectivity index is 1.66. The number of nitrogens with one attached hydrogen (secondary N) is 1. The van der Waals surface area contributed by atoms with E-state index in [0.29, 0.717) is 31.5 Å². The van der Waals surface area contributed by atoms with Gasteiger partial charge in [-0.15, -0.1) is 0 Å². The molecule has 0 aromatic heterocycles. The fourth-order valence-corrected chi connectivity index (χ4v) is 3.75. The molecule has 2 aliphatic rings. The van der Waals surface area contributed by atoms with E-state index in [2.05, 4.69) is 17.1 Å². The first-order chi connectivity index (χ1) is 11.8. The van der Waals surface area contributed by atoms with Crippen LogP contribution in [0.15, 0.2) is 0 Å². The molecule has 1 unspecified atom stereocenters. The second kappa shape index (κ2) is 8.88. The molecule has 2 rings (SSSR count). The maximum Gasteiger partial charge on any atom is 0.410 e. The van der Waals surface area contributed by atoms with Gasteiger partial charge in [0.05, 0.1) is 0 Å². The van der Waals surface area contributed by atoms with E-state index in [0.717, 1.165) is 32.5 Å². The highest BCUT2D eigenvalue weighted by Crippen LogP contribution is 2.22. The topological polar surface area (TPSA) is 61.9 Å². The van der Waals surface area contributed by atoms with Crippen molar-refractivity contribution in [1.29, 1.82) is 0 Å². The van der Waals surface area contributed by atoms with Gasteiger partial charge < -0.3 is 15.0 Å². The van der Waals surface area contributed by atoms with Crippen molar-refractivity contribution in [2.24, 2.45) is 5.92 Å². The minimum absolute atomic E-state index is 0.152. The standard InChI is InChI=1S/C19H35N3O3/c1-5-21-10-6-7-16(21)14-20-17(23)13-15-8-11-22(12-9-15)18(24)25-19(2,3)4/h15-16H,5-14H2,1-4H3,(H,20,23). The van der Waals surface area contributed by atoms with Crippen LogP contribution < -0.4 is 5.32 Å². The molecule has 6 heteroatoms. The van der Waals surface area contributed by atoms with Crippen molar-refractivity contribution < 1.29 is 14.3 Å². The third-order valence-corrected chi connectivity index (χ3v) is 5.18. The maximum atomic E-state index is 12.2. The molecule has 25 heavy (non-hydrogen) atoms. The van der Waals surface area contributed by atoms with Crippen LogP contribution in [0.5, 0.6) is 0 Å². The Kier molecular flexibility index (Phi) is 7.11. The Hall–Kier alpha value is -1.30. The Morgan fingerprint density at radius 1 is 1.12 bits per heavy atom. The van der Waals surface area contributed by atoms with Gasteiger partial charge in [-0.05, 0) is 65.5 Å². The lowest BCUT2D eigenvalue weighted by atomic mass is 9.93. The number of carbonyl (C=O) groups is 2. The summed E-state index contributed by atoms with van der Waals surface area (Å²) in [6.07, 6.45) is 4.49. The highest BCUT2D eigenvalue weighted by molar-refractivity contribution is 5.76. The second-order valence-electron chi connectivity index (χ2n) is 8.34. The van der Waals surface area contributed by atoms with Crippen LogP contribution in [0.3, 0.4) is 0 Å². The van der Waals surface area contributed by atoms with Crippen LogP contribution >= 0.6 is 0 Å². The Morgan fingerprint density at radius 2 is 1.80 bits per heavy atom. The van der Waals surface area contributed by atoms with Gasteiger partial charge in [-0.1, -0.05) is 6.92 Å². The molecule has 0 saturated carbocycles. The highest BCUT2D eigenvalue weighted by atomic mass is 16.6. The smallest absolute Gasteiger partial charge is 0.410 e. The lowest BCUT2D eigenvalue weighted by Crippen LogP contribution is -2.43. The van der Waals surface area contributed by atoms with Crippen LogP contribution in [0.25, 0.3) is 0 Å². The van der Waals surface area contributed by atoms with Gasteiger partial charge in [0, 0.05) is 32.1 Å². The summed E-state index contributed by atoms with van der Waals surface area (Å²) in [5.74, 6) is 0.517. The van der Waals surface area contributed by atoms with Crippen molar-refractivity contribution in [3.63, 3.8) is 0 Å². The third kappa shape index (κ3) is 6.49. The first kappa shape index (κ1) is 20.0. The number of amides is 2. The van der Waals surface area contributed by atoms with Crippen molar-refractivity contribution in [3.05, 3.63) is 0 Å². The first-order valence-corrected chi connectivity index (χ1v) is 9.77. The van der Waals surface area contributed by atoms with E-state index in [4.69, 9.17) is 4.74 Å². The summed E-state index contributed by atoms with van der Waals surface area (Å²) in [4.78, 5) is 28.5. The Bertz CT molecular complexity index is 453. The first-order valence-electron chi connectivity index (χ1n) is 9.77. The van der Waals surface area contributed by atoms with Gasteiger partial charge in [0.1, 0.15) is 5.60 Å². The number of likely N-dealkylation sites (tertiary alicyclic amines) is 2. The molecule has 2 heterocycles. The van der Waals surface area contributed by atoms with Gasteiger partial charge in [-0.2, -0.15) is 0 Å². The zero-order valence-corrected chi connectivity index (χ0v) is 16.3. The van der Waals surface area contributed by atoms with Crippen LogP contribution in [0.1, 0.15) is 59.8 Å². The molecule has 0 bridgehead atoms. The van der Waals surface area contributed by atoms with E-state index in [1.807, 2.05) is 20.8 Å². The number of hydrogen-bond donors (Lipinski definition) is 1. The quantitative estimate of drug-likeness (QED) is 0.825. The zero-order valence-electron chi connectivity index (χ0n) is 16.3. The summed E-state index contributed by atoms with van der Waals surface area (Å²) in [7, 11) is 0. The predicted molar refractivity (Wildman–Crippen MR) is 98.4 cm³/mol. The molecule has 0 spiro atoms. The van der Waals surface area contributed by atoms with Crippen molar-refractivity contribution in [3.8, 4) is 0 Å². The molecule has 0 aromatic carbocycles. The summed E-state index contributed by atoms with van der Waals surface area (Å²) < 4.78 is 5.41. The summed E-state index contributed by atoms with van der Waals surface area (Å²) in [5, 5.41) is 3.12. The molecule has 1 atom stereocenters. The summed E-state index contributed by atoms with van der Waals surface area (Å²) in [6, 6.07) is 0.503. The molecule has 1 N–H and O–H groups in total. The summed E-state index contributed by atoms with van der Waals surface area (Å²) in [6.45, 7) is 12.2. The average molecular weight is 354 g/mol. The number of piperidine rings is 1. The number of likely N-dealkylation sites (N-methyl/N-ethyl adjacent to an activating group) is 1. The van der Waals surface area contributed by atoms with Crippen molar-refractivity contribution >= 4 is 12.0 Å². The third-order valence-electron chi connectivity index (χ3n) is 5.18. The molecule has 6 nitrogen and oxygen atoms in total. The molecular formula is C19H35N3O3. The Morgan fingerprint density at radius 3 is 2.40 bits per heavy atom. The normalized spacial score (nSPS) is 22.9. The van der Waals surface area contributed by atoms with Gasteiger partial charge in [0.2, 0.25) is 5.91 Å². The number of ether oxygens (including phenoxy) is 1. The number of hydrogen-bond acceptors (Lipinski definition) is 4. The van der Waals surface area contributed by atoms with Gasteiger partial charge in [0.25, 0.3) is 0 Å². The van der Waals surface area contributed by atoms with Gasteiger partial charge >= 0.3 is 6.09 Å². The average Bonchev–Trinajstić information content (AvgIpc) is 2.99. The van der Waals surface area contributed by atoms with E-state index in [-0.39, 0.29) is 12.0 Å². The van der Waals surface area contributed by atoms with Crippen molar-refractivity contribution in [2.75, 3.05) is 32.7 Å². The lowest BCUT2D eigenvalue weighted by molar-refractivity contribution is -0.122. The number of rotatable bonds is 5. The van der Waals surface area contributed by atoms with Crippen LogP contribution in [-0.4, -0.2) is 66.2 Å². The summed E-state index contributed by atoms with van der Waals surface area (Å²) >= 11 is 0. The van der Waals surface area contributed by atoms with Crippen molar-refractivity contribution in [1.82, 2.24) is 15.1 Å². The fourth-order valence-electron chi connectivity index (χ4n) is 3.75. The van der Waals surface area contributed by atoms with E-state index in [1.165, 1.54) is 12.8 Å². The van der Waals surface area contributed by atoms with Crippen LogP contribution in [0.4, 0.5) is 4.79 Å². The van der Waals surface area contributed by atoms with E-state index < -0.39 is 5.60 Å². The molecule has 2 saturated heterocycles. The van der Waals surface area contributed by atoms with Gasteiger partial charge in [0.15, 0.2) is 0 Å². The van der Waals surface area contributed by atoms with Crippen molar-refractivity contribution in [2.45, 2.75) is 71.4 Å². The Labute approximate surface area is 152 Å². The highest BCUT2D eigenvalue weighted by Gasteiger charge is 2.28. The number of nitrogens with zero attached hydrogens (tertiary/aromatic N) is 2. The molecule has 2 fully saturated rings. The van der Waals surface area contributed by atoms with Crippen LogP contribution in [-0.2, 0) is 9.53 Å². The molecule has 0 aliphatic carbocycles. The molecule has 144 valence electrons. The lowest BCUT2D eigenvalue weighted by Gasteiger charge is -2.33. The van der Waals surface area contributed by atoms with Crippen LogP contribution in [0.2, 0.25) is 0 Å². The monoisotopic (exact) mass is 353 g/mol. The van der Waals surface area contributed by atoms with Crippen LogP contribution in [0, 0.1) is 5.92 Å². The van der Waals surface area contributed by atoms with Gasteiger partial charge in [-0.3, -0.25) is 9.69 Å². The molecule has 0 radical (unpaired) electrons. The molecule has 2 amide bonds. The van der Waals surface area contributed by atoms with Gasteiger partial charge in [-0.25, -0.2) is 4.79 Å². The number of carbonyl (C=O) groups excluding carboxylic acids is 2. The fraction of sp³-hybridized carbons (Fsp3) is 0.895. The minimum Gasteiger partial charge on any atom is -0.444 e. The molecular weight excluding hydrogens is 318 g/mol. The largest absolute Gasteiger partial charge is 0.444 e. The maximum absolute atomic E-state index is 12.2. The molecule has 0 aromatic rings.